The number of thioether (sulfide) groups is 1. The monoisotopic (exact) mass is 285 g/mol. The number of benzene rings is 1. The van der Waals surface area contributed by atoms with Crippen LogP contribution in [0.4, 0.5) is 0 Å². The minimum absolute atomic E-state index is 0.592. The van der Waals surface area contributed by atoms with E-state index in [1.54, 1.807) is 0 Å². The molecule has 0 radical (unpaired) electrons. The summed E-state index contributed by atoms with van der Waals surface area (Å²) in [7, 11) is 0. The Labute approximate surface area is 121 Å². The molecular weight excluding hydrogens is 262 g/mol. The van der Waals surface area contributed by atoms with Crippen molar-refractivity contribution in [1.29, 1.82) is 0 Å². The van der Waals surface area contributed by atoms with Gasteiger partial charge in [-0.3, -0.25) is 0 Å². The van der Waals surface area contributed by atoms with Crippen LogP contribution in [0.3, 0.4) is 0 Å². The number of halogens is 1. The lowest BCUT2D eigenvalue weighted by Crippen LogP contribution is -2.37. The molecule has 0 amide bonds. The van der Waals surface area contributed by atoms with Crippen LogP contribution in [0.2, 0.25) is 5.02 Å². The Bertz CT molecular complexity index is 337. The fourth-order valence-corrected chi connectivity index (χ4v) is 3.68. The summed E-state index contributed by atoms with van der Waals surface area (Å²) in [5.41, 5.74) is 0. The van der Waals surface area contributed by atoms with E-state index < -0.39 is 0 Å². The average Bonchev–Trinajstić information content (AvgIpc) is 2.36. The SMILES string of the molecule is CCCC(NCC)C(CC)Sc1cccc(Cl)c1. The summed E-state index contributed by atoms with van der Waals surface area (Å²) in [6.07, 6.45) is 3.64. The van der Waals surface area contributed by atoms with Gasteiger partial charge >= 0.3 is 0 Å². The Balaban J connectivity index is 2.69. The van der Waals surface area contributed by atoms with Gasteiger partial charge in [0.2, 0.25) is 0 Å². The second-order valence-corrected chi connectivity index (χ2v) is 6.22. The first-order valence-electron chi connectivity index (χ1n) is 6.86. The van der Waals surface area contributed by atoms with Crippen molar-refractivity contribution in [2.24, 2.45) is 0 Å². The molecule has 1 aromatic rings. The normalized spacial score (nSPS) is 14.4. The number of nitrogens with one attached hydrogen (secondary N) is 1. The number of hydrogen-bond acceptors (Lipinski definition) is 2. The lowest BCUT2D eigenvalue weighted by Gasteiger charge is -2.26. The van der Waals surface area contributed by atoms with Gasteiger partial charge in [0.05, 0.1) is 0 Å². The van der Waals surface area contributed by atoms with E-state index in [2.05, 4.69) is 38.2 Å². The molecule has 0 spiro atoms. The number of hydrogen-bond donors (Lipinski definition) is 1. The zero-order chi connectivity index (χ0) is 13.4. The van der Waals surface area contributed by atoms with Gasteiger partial charge < -0.3 is 5.32 Å². The first-order chi connectivity index (χ1) is 8.71. The molecule has 1 N–H and O–H groups in total. The van der Waals surface area contributed by atoms with Gasteiger partial charge in [-0.05, 0) is 37.6 Å². The summed E-state index contributed by atoms with van der Waals surface area (Å²) >= 11 is 7.99. The fourth-order valence-electron chi connectivity index (χ4n) is 2.16. The Kier molecular flexibility index (Phi) is 7.80. The van der Waals surface area contributed by atoms with Crippen molar-refractivity contribution in [2.75, 3.05) is 6.54 Å². The van der Waals surface area contributed by atoms with Crippen LogP contribution < -0.4 is 5.32 Å². The summed E-state index contributed by atoms with van der Waals surface area (Å²) in [4.78, 5) is 1.27. The summed E-state index contributed by atoms with van der Waals surface area (Å²) in [6.45, 7) is 7.74. The van der Waals surface area contributed by atoms with E-state index >= 15 is 0 Å². The molecule has 1 aromatic carbocycles. The second kappa shape index (κ2) is 8.84. The zero-order valence-corrected chi connectivity index (χ0v) is 13.2. The molecule has 0 aliphatic heterocycles. The van der Waals surface area contributed by atoms with E-state index in [1.807, 2.05) is 23.9 Å². The maximum absolute atomic E-state index is 6.04. The fraction of sp³-hybridized carbons (Fsp3) is 0.600. The van der Waals surface area contributed by atoms with Gasteiger partial charge in [0.25, 0.3) is 0 Å². The quantitative estimate of drug-likeness (QED) is 0.676. The minimum Gasteiger partial charge on any atom is -0.313 e. The predicted octanol–water partition coefficient (Wildman–Crippen LogP) is 4.99. The van der Waals surface area contributed by atoms with Crippen molar-refractivity contribution in [1.82, 2.24) is 5.32 Å². The van der Waals surface area contributed by atoms with Gasteiger partial charge in [-0.15, -0.1) is 11.8 Å². The smallest absolute Gasteiger partial charge is 0.0417 e. The largest absolute Gasteiger partial charge is 0.313 e. The minimum atomic E-state index is 0.592. The van der Waals surface area contributed by atoms with Crippen LogP contribution in [0, 0.1) is 0 Å². The van der Waals surface area contributed by atoms with Gasteiger partial charge in [-0.25, -0.2) is 0 Å². The maximum Gasteiger partial charge on any atom is 0.0417 e. The zero-order valence-electron chi connectivity index (χ0n) is 11.6. The van der Waals surface area contributed by atoms with Crippen molar-refractivity contribution in [3.63, 3.8) is 0 Å². The van der Waals surface area contributed by atoms with Crippen molar-refractivity contribution >= 4 is 23.4 Å². The van der Waals surface area contributed by atoms with Crippen LogP contribution >= 0.6 is 23.4 Å². The Morgan fingerprint density at radius 2 is 2.06 bits per heavy atom. The van der Waals surface area contributed by atoms with Gasteiger partial charge in [-0.1, -0.05) is 44.9 Å². The molecule has 0 saturated carbocycles. The van der Waals surface area contributed by atoms with E-state index in [4.69, 9.17) is 11.6 Å². The molecule has 0 heterocycles. The lowest BCUT2D eigenvalue weighted by atomic mass is 10.1. The molecule has 0 fully saturated rings. The van der Waals surface area contributed by atoms with E-state index in [9.17, 15) is 0 Å². The van der Waals surface area contributed by atoms with Crippen LogP contribution in [-0.4, -0.2) is 17.8 Å². The third kappa shape index (κ3) is 5.21. The molecule has 0 aliphatic carbocycles. The molecular formula is C15H24ClNS. The molecule has 3 heteroatoms. The molecule has 0 aliphatic rings. The van der Waals surface area contributed by atoms with Crippen molar-refractivity contribution in [3.8, 4) is 0 Å². The van der Waals surface area contributed by atoms with Crippen LogP contribution in [0.5, 0.6) is 0 Å². The highest BCUT2D eigenvalue weighted by Crippen LogP contribution is 2.30. The van der Waals surface area contributed by atoms with Gasteiger partial charge in [0.1, 0.15) is 0 Å². The lowest BCUT2D eigenvalue weighted by molar-refractivity contribution is 0.465. The van der Waals surface area contributed by atoms with Crippen molar-refractivity contribution in [2.45, 2.75) is 56.2 Å². The predicted molar refractivity (Wildman–Crippen MR) is 83.8 cm³/mol. The first-order valence-corrected chi connectivity index (χ1v) is 8.12. The van der Waals surface area contributed by atoms with Crippen LogP contribution in [0.15, 0.2) is 29.2 Å². The molecule has 102 valence electrons. The van der Waals surface area contributed by atoms with Crippen molar-refractivity contribution in [3.05, 3.63) is 29.3 Å². The topological polar surface area (TPSA) is 12.0 Å². The molecule has 1 rings (SSSR count). The van der Waals surface area contributed by atoms with Gasteiger partial charge in [0, 0.05) is 21.2 Å². The molecule has 1 nitrogen and oxygen atoms in total. The van der Waals surface area contributed by atoms with Crippen LogP contribution in [-0.2, 0) is 0 Å². The van der Waals surface area contributed by atoms with Crippen LogP contribution in [0.25, 0.3) is 0 Å². The number of rotatable bonds is 8. The summed E-state index contributed by atoms with van der Waals surface area (Å²) in [6, 6.07) is 8.76. The third-order valence-corrected chi connectivity index (χ3v) is 4.73. The van der Waals surface area contributed by atoms with Gasteiger partial charge in [0.15, 0.2) is 0 Å². The average molecular weight is 286 g/mol. The highest BCUT2D eigenvalue weighted by molar-refractivity contribution is 8.00. The summed E-state index contributed by atoms with van der Waals surface area (Å²) in [5, 5.41) is 5.05. The molecule has 0 bridgehead atoms. The third-order valence-electron chi connectivity index (χ3n) is 3.00. The standard InChI is InChI=1S/C15H24ClNS/c1-4-8-14(17-6-3)15(5-2)18-13-10-7-9-12(16)11-13/h7,9-11,14-15,17H,4-6,8H2,1-3H3. The van der Waals surface area contributed by atoms with Crippen molar-refractivity contribution < 1.29 is 0 Å². The molecule has 2 unspecified atom stereocenters. The van der Waals surface area contributed by atoms with Gasteiger partial charge in [-0.2, -0.15) is 0 Å². The Morgan fingerprint density at radius 1 is 1.28 bits per heavy atom. The molecule has 0 aromatic heterocycles. The van der Waals surface area contributed by atoms with E-state index in [0.29, 0.717) is 11.3 Å². The summed E-state index contributed by atoms with van der Waals surface area (Å²) in [5.74, 6) is 0. The maximum atomic E-state index is 6.04. The van der Waals surface area contributed by atoms with Crippen LogP contribution in [0.1, 0.15) is 40.0 Å². The Hall–Kier alpha value is -0.180. The van der Waals surface area contributed by atoms with E-state index in [-0.39, 0.29) is 0 Å². The molecule has 2 atom stereocenters. The second-order valence-electron chi connectivity index (χ2n) is 4.47. The molecule has 18 heavy (non-hydrogen) atoms. The Morgan fingerprint density at radius 3 is 2.61 bits per heavy atom. The highest BCUT2D eigenvalue weighted by Gasteiger charge is 2.19. The highest BCUT2D eigenvalue weighted by atomic mass is 35.5. The first kappa shape index (κ1) is 15.9. The molecule has 0 saturated heterocycles. The summed E-state index contributed by atoms with van der Waals surface area (Å²) < 4.78 is 0. The van der Waals surface area contributed by atoms with E-state index in [1.165, 1.54) is 24.2 Å². The van der Waals surface area contributed by atoms with E-state index in [0.717, 1.165) is 11.6 Å².